The lowest BCUT2D eigenvalue weighted by Crippen LogP contribution is -1.91. The molecule has 4 heteroatoms. The first-order valence-corrected chi connectivity index (χ1v) is 9.06. The second kappa shape index (κ2) is 5.79. The Balaban J connectivity index is 1.63. The topological polar surface area (TPSA) is 51.6 Å². The van der Waals surface area contributed by atoms with E-state index in [4.69, 9.17) is 4.98 Å². The minimum atomic E-state index is 0.832. The second-order valence-corrected chi connectivity index (χ2v) is 6.78. The maximum absolute atomic E-state index is 4.92. The summed E-state index contributed by atoms with van der Waals surface area (Å²) in [5, 5.41) is 6.35. The van der Waals surface area contributed by atoms with Gasteiger partial charge in [0.1, 0.15) is 0 Å². The zero-order valence-electron chi connectivity index (χ0n) is 14.8. The van der Waals surface area contributed by atoms with E-state index in [2.05, 4.69) is 63.5 Å². The molecule has 2 aromatic carbocycles. The Bertz CT molecular complexity index is 1400. The fourth-order valence-corrected chi connectivity index (χ4v) is 3.73. The molecule has 4 aromatic heterocycles. The molecule has 28 heavy (non-hydrogen) atoms. The van der Waals surface area contributed by atoms with Gasteiger partial charge in [0, 0.05) is 63.2 Å². The lowest BCUT2D eigenvalue weighted by Gasteiger charge is -2.08. The lowest BCUT2D eigenvalue weighted by atomic mass is 10.0. The summed E-state index contributed by atoms with van der Waals surface area (Å²) in [7, 11) is 0. The van der Waals surface area contributed by atoms with Gasteiger partial charge in [0.25, 0.3) is 0 Å². The molecule has 0 saturated heterocycles. The summed E-state index contributed by atoms with van der Waals surface area (Å²) in [6.45, 7) is 0. The van der Waals surface area contributed by atoms with Gasteiger partial charge in [0.15, 0.2) is 0 Å². The van der Waals surface area contributed by atoms with Crippen molar-refractivity contribution in [1.29, 1.82) is 0 Å². The van der Waals surface area contributed by atoms with Gasteiger partial charge < -0.3 is 0 Å². The van der Waals surface area contributed by atoms with E-state index < -0.39 is 0 Å². The standard InChI is InChI=1S/C24H13N4/c1-2-15-3-6-18-14-27-22(12-20(18)23(15)26-10-1)21-8-7-16-4-5-17-13-25-11-9-19(17)24(16)28-21/h1-8,10-14H. The highest BCUT2D eigenvalue weighted by Crippen LogP contribution is 2.29. The molecule has 0 saturated carbocycles. The van der Waals surface area contributed by atoms with Crippen molar-refractivity contribution in [2.45, 2.75) is 0 Å². The molecule has 0 aliphatic rings. The van der Waals surface area contributed by atoms with Crippen molar-refractivity contribution in [3.05, 3.63) is 85.5 Å². The average molecular weight is 357 g/mol. The van der Waals surface area contributed by atoms with Crippen LogP contribution >= 0.6 is 0 Å². The molecule has 4 heterocycles. The minimum absolute atomic E-state index is 0.832. The number of nitrogens with zero attached hydrogens (tertiary/aromatic N) is 4. The zero-order valence-corrected chi connectivity index (χ0v) is 14.8. The Morgan fingerprint density at radius 3 is 2.46 bits per heavy atom. The van der Waals surface area contributed by atoms with Crippen LogP contribution in [0.1, 0.15) is 0 Å². The van der Waals surface area contributed by atoms with Gasteiger partial charge in [-0.2, -0.15) is 0 Å². The van der Waals surface area contributed by atoms with Crippen molar-refractivity contribution >= 4 is 43.4 Å². The molecular formula is C24H13N4. The van der Waals surface area contributed by atoms with Crippen LogP contribution in [0.25, 0.3) is 54.7 Å². The summed E-state index contributed by atoms with van der Waals surface area (Å²) >= 11 is 0. The number of benzene rings is 2. The van der Waals surface area contributed by atoms with Gasteiger partial charge in [-0.3, -0.25) is 15.0 Å². The van der Waals surface area contributed by atoms with E-state index >= 15 is 0 Å². The third-order valence-electron chi connectivity index (χ3n) is 5.13. The average Bonchev–Trinajstić information content (AvgIpc) is 2.78. The fraction of sp³-hybridized carbons (Fsp3) is 0. The van der Waals surface area contributed by atoms with Crippen molar-refractivity contribution in [2.75, 3.05) is 0 Å². The Kier molecular flexibility index (Phi) is 3.14. The molecule has 0 aliphatic heterocycles. The normalized spacial score (nSPS) is 11.6. The molecule has 6 aromatic rings. The Morgan fingerprint density at radius 2 is 1.50 bits per heavy atom. The Labute approximate surface area is 160 Å². The van der Waals surface area contributed by atoms with Crippen molar-refractivity contribution in [3.8, 4) is 11.4 Å². The number of aromatic nitrogens is 4. The molecule has 0 unspecified atom stereocenters. The van der Waals surface area contributed by atoms with E-state index in [1.807, 2.05) is 30.7 Å². The highest BCUT2D eigenvalue weighted by molar-refractivity contribution is 6.07. The van der Waals surface area contributed by atoms with E-state index in [0.29, 0.717) is 0 Å². The van der Waals surface area contributed by atoms with Gasteiger partial charge >= 0.3 is 0 Å². The zero-order chi connectivity index (χ0) is 18.5. The SMILES string of the molecule is [c]1cncc2ccc3ccc(-c4cc5c(ccc6cccnc65)cn4)nc3c12. The number of fused-ring (bicyclic) bond motifs is 6. The van der Waals surface area contributed by atoms with Gasteiger partial charge in [-0.05, 0) is 18.2 Å². The van der Waals surface area contributed by atoms with Gasteiger partial charge in [-0.25, -0.2) is 4.98 Å². The summed E-state index contributed by atoms with van der Waals surface area (Å²) in [5.41, 5.74) is 3.56. The molecule has 129 valence electrons. The second-order valence-electron chi connectivity index (χ2n) is 6.78. The van der Waals surface area contributed by atoms with E-state index in [1.165, 1.54) is 0 Å². The number of hydrogen-bond acceptors (Lipinski definition) is 4. The van der Waals surface area contributed by atoms with E-state index in [-0.39, 0.29) is 0 Å². The molecular weight excluding hydrogens is 344 g/mol. The quantitative estimate of drug-likeness (QED) is 0.372. The van der Waals surface area contributed by atoms with Crippen LogP contribution in [0.4, 0.5) is 0 Å². The monoisotopic (exact) mass is 357 g/mol. The van der Waals surface area contributed by atoms with Crippen molar-refractivity contribution < 1.29 is 0 Å². The fourth-order valence-electron chi connectivity index (χ4n) is 3.73. The predicted molar refractivity (Wildman–Crippen MR) is 112 cm³/mol. The van der Waals surface area contributed by atoms with E-state index in [9.17, 15) is 0 Å². The van der Waals surface area contributed by atoms with Crippen LogP contribution in [-0.2, 0) is 0 Å². The summed E-state index contributed by atoms with van der Waals surface area (Å²) < 4.78 is 0. The molecule has 0 fully saturated rings. The highest BCUT2D eigenvalue weighted by Gasteiger charge is 2.09. The van der Waals surface area contributed by atoms with Crippen LogP contribution in [0.5, 0.6) is 0 Å². The first kappa shape index (κ1) is 15.2. The van der Waals surface area contributed by atoms with Crippen LogP contribution < -0.4 is 0 Å². The van der Waals surface area contributed by atoms with Crippen LogP contribution in [0.15, 0.2) is 79.4 Å². The smallest absolute Gasteiger partial charge is 0.0894 e. The lowest BCUT2D eigenvalue weighted by molar-refractivity contribution is 1.30. The summed E-state index contributed by atoms with van der Waals surface area (Å²) in [5.74, 6) is 0. The molecule has 0 N–H and O–H groups in total. The number of hydrogen-bond donors (Lipinski definition) is 0. The van der Waals surface area contributed by atoms with Crippen LogP contribution in [0.3, 0.4) is 0 Å². The number of pyridine rings is 4. The number of rotatable bonds is 1. The third-order valence-corrected chi connectivity index (χ3v) is 5.13. The van der Waals surface area contributed by atoms with Gasteiger partial charge in [-0.1, -0.05) is 36.4 Å². The maximum Gasteiger partial charge on any atom is 0.0894 e. The third kappa shape index (κ3) is 2.25. The van der Waals surface area contributed by atoms with Crippen LogP contribution in [-0.4, -0.2) is 19.9 Å². The van der Waals surface area contributed by atoms with Crippen LogP contribution in [0, 0.1) is 6.07 Å². The first-order chi connectivity index (χ1) is 13.9. The molecule has 6 rings (SSSR count). The summed E-state index contributed by atoms with van der Waals surface area (Å²) in [4.78, 5) is 18.3. The van der Waals surface area contributed by atoms with Crippen molar-refractivity contribution in [2.24, 2.45) is 0 Å². The largest absolute Gasteiger partial charge is 0.263 e. The highest BCUT2D eigenvalue weighted by atomic mass is 14.8. The van der Waals surface area contributed by atoms with Crippen molar-refractivity contribution in [1.82, 2.24) is 19.9 Å². The Morgan fingerprint density at radius 1 is 0.679 bits per heavy atom. The molecule has 0 atom stereocenters. The molecule has 0 spiro atoms. The predicted octanol–water partition coefficient (Wildman–Crippen LogP) is 5.35. The molecule has 1 radical (unpaired) electrons. The summed E-state index contributed by atoms with van der Waals surface area (Å²) in [6, 6.07) is 21.7. The van der Waals surface area contributed by atoms with E-state index in [0.717, 1.165) is 54.7 Å². The maximum atomic E-state index is 4.92. The molecule has 0 bridgehead atoms. The Hall–Kier alpha value is -3.92. The van der Waals surface area contributed by atoms with Crippen molar-refractivity contribution in [3.63, 3.8) is 0 Å². The summed E-state index contributed by atoms with van der Waals surface area (Å²) in [6.07, 6.45) is 7.24. The molecule has 0 amide bonds. The molecule has 4 nitrogen and oxygen atoms in total. The van der Waals surface area contributed by atoms with Gasteiger partial charge in [0.05, 0.1) is 22.4 Å². The van der Waals surface area contributed by atoms with E-state index in [1.54, 1.807) is 6.20 Å². The molecule has 0 aliphatic carbocycles. The minimum Gasteiger partial charge on any atom is -0.263 e. The van der Waals surface area contributed by atoms with Gasteiger partial charge in [-0.15, -0.1) is 0 Å². The first-order valence-electron chi connectivity index (χ1n) is 9.06. The van der Waals surface area contributed by atoms with Gasteiger partial charge in [0.2, 0.25) is 0 Å². The van der Waals surface area contributed by atoms with Crippen LogP contribution in [0.2, 0.25) is 0 Å².